The molecule has 1 aromatic rings. The van der Waals surface area contributed by atoms with Gasteiger partial charge < -0.3 is 4.57 Å². The summed E-state index contributed by atoms with van der Waals surface area (Å²) in [5.41, 5.74) is 2.43. The molecule has 0 fully saturated rings. The number of hydrogen-bond acceptors (Lipinski definition) is 2. The van der Waals surface area contributed by atoms with Crippen molar-refractivity contribution in [2.75, 3.05) is 5.75 Å². The third-order valence-corrected chi connectivity index (χ3v) is 2.47. The molecule has 0 aliphatic carbocycles. The average molecular weight is 184 g/mol. The van der Waals surface area contributed by atoms with Crippen LogP contribution in [0.1, 0.15) is 24.2 Å². The van der Waals surface area contributed by atoms with Crippen molar-refractivity contribution >= 4 is 12.6 Å². The Balaban J connectivity index is 2.46. The van der Waals surface area contributed by atoms with Crippen molar-refractivity contribution in [1.29, 1.82) is 0 Å². The van der Waals surface area contributed by atoms with Crippen molar-refractivity contribution < 1.29 is 0 Å². The minimum atomic E-state index is 0.979. The molecule has 0 bridgehead atoms. The maximum atomic E-state index is 4.24. The Kier molecular flexibility index (Phi) is 3.66. The molecule has 0 aliphatic rings. The van der Waals surface area contributed by atoms with E-state index in [1.165, 1.54) is 18.5 Å². The van der Waals surface area contributed by atoms with Gasteiger partial charge in [0.1, 0.15) is 0 Å². The van der Waals surface area contributed by atoms with Crippen LogP contribution in [0, 0.1) is 13.8 Å². The number of aromatic nitrogens is 2. The van der Waals surface area contributed by atoms with Gasteiger partial charge in [-0.05, 0) is 32.4 Å². The lowest BCUT2D eigenvalue weighted by Crippen LogP contribution is -1.99. The first-order valence-corrected chi connectivity index (χ1v) is 4.98. The molecule has 1 heterocycles. The Morgan fingerprint density at radius 1 is 1.42 bits per heavy atom. The Bertz CT molecular complexity index is 243. The van der Waals surface area contributed by atoms with Gasteiger partial charge in [-0.2, -0.15) is 12.6 Å². The molecule has 0 aliphatic heterocycles. The van der Waals surface area contributed by atoms with Gasteiger partial charge >= 0.3 is 0 Å². The molecule has 1 rings (SSSR count). The standard InChI is InChI=1S/C9H16N2S/c1-8-9(2)11(7-10-8)5-3-4-6-12/h7,12H,3-6H2,1-2H3. The van der Waals surface area contributed by atoms with Crippen molar-refractivity contribution in [3.63, 3.8) is 0 Å². The summed E-state index contributed by atoms with van der Waals surface area (Å²) in [6.07, 6.45) is 4.29. The third-order valence-electron chi connectivity index (χ3n) is 2.15. The van der Waals surface area contributed by atoms with Crippen molar-refractivity contribution in [2.24, 2.45) is 0 Å². The zero-order valence-electron chi connectivity index (χ0n) is 7.75. The zero-order valence-corrected chi connectivity index (χ0v) is 8.64. The van der Waals surface area contributed by atoms with E-state index < -0.39 is 0 Å². The van der Waals surface area contributed by atoms with Crippen LogP contribution >= 0.6 is 12.6 Å². The molecule has 68 valence electrons. The fourth-order valence-electron chi connectivity index (χ4n) is 1.16. The maximum Gasteiger partial charge on any atom is 0.0951 e. The highest BCUT2D eigenvalue weighted by Gasteiger charge is 1.99. The Morgan fingerprint density at radius 2 is 2.17 bits per heavy atom. The van der Waals surface area contributed by atoms with Gasteiger partial charge in [0, 0.05) is 12.2 Å². The molecular weight excluding hydrogens is 168 g/mol. The van der Waals surface area contributed by atoms with E-state index in [-0.39, 0.29) is 0 Å². The SMILES string of the molecule is Cc1ncn(CCCCS)c1C. The van der Waals surface area contributed by atoms with Crippen LogP contribution < -0.4 is 0 Å². The summed E-state index contributed by atoms with van der Waals surface area (Å²) in [4.78, 5) is 4.24. The normalized spacial score (nSPS) is 10.6. The maximum absolute atomic E-state index is 4.24. The lowest BCUT2D eigenvalue weighted by Gasteiger charge is -2.03. The minimum absolute atomic E-state index is 0.979. The summed E-state index contributed by atoms with van der Waals surface area (Å²) in [6, 6.07) is 0. The van der Waals surface area contributed by atoms with E-state index in [1.54, 1.807) is 0 Å². The highest BCUT2D eigenvalue weighted by atomic mass is 32.1. The molecule has 0 unspecified atom stereocenters. The van der Waals surface area contributed by atoms with Gasteiger partial charge in [-0.15, -0.1) is 0 Å². The zero-order chi connectivity index (χ0) is 8.97. The summed E-state index contributed by atoms with van der Waals surface area (Å²) >= 11 is 4.17. The summed E-state index contributed by atoms with van der Waals surface area (Å²) in [7, 11) is 0. The lowest BCUT2D eigenvalue weighted by molar-refractivity contribution is 0.622. The second-order valence-corrected chi connectivity index (χ2v) is 3.49. The lowest BCUT2D eigenvalue weighted by atomic mass is 10.3. The van der Waals surface area contributed by atoms with Gasteiger partial charge in [-0.25, -0.2) is 4.98 Å². The molecule has 0 saturated heterocycles. The van der Waals surface area contributed by atoms with Gasteiger partial charge in [0.2, 0.25) is 0 Å². The highest BCUT2D eigenvalue weighted by Crippen LogP contribution is 2.05. The van der Waals surface area contributed by atoms with Crippen LogP contribution in [-0.4, -0.2) is 15.3 Å². The van der Waals surface area contributed by atoms with Gasteiger partial charge in [0.25, 0.3) is 0 Å². The summed E-state index contributed by atoms with van der Waals surface area (Å²) in [6.45, 7) is 5.24. The third kappa shape index (κ3) is 2.27. The predicted octanol–water partition coefficient (Wildman–Crippen LogP) is 2.21. The van der Waals surface area contributed by atoms with E-state index in [1.807, 2.05) is 13.3 Å². The van der Waals surface area contributed by atoms with Crippen molar-refractivity contribution in [3.8, 4) is 0 Å². The number of imidazole rings is 1. The minimum Gasteiger partial charge on any atom is -0.335 e. The summed E-state index contributed by atoms with van der Waals surface area (Å²) in [5.74, 6) is 0.979. The van der Waals surface area contributed by atoms with E-state index in [2.05, 4.69) is 29.1 Å². The summed E-state index contributed by atoms with van der Waals surface area (Å²) in [5, 5.41) is 0. The van der Waals surface area contributed by atoms with Gasteiger partial charge in [0.15, 0.2) is 0 Å². The molecule has 0 saturated carbocycles. The molecule has 0 amide bonds. The number of thiol groups is 1. The Morgan fingerprint density at radius 3 is 2.67 bits per heavy atom. The van der Waals surface area contributed by atoms with Crippen LogP contribution in [0.2, 0.25) is 0 Å². The second-order valence-electron chi connectivity index (χ2n) is 3.04. The second kappa shape index (κ2) is 4.55. The number of aryl methyl sites for hydroxylation is 2. The molecule has 1 aromatic heterocycles. The van der Waals surface area contributed by atoms with E-state index in [0.29, 0.717) is 0 Å². The van der Waals surface area contributed by atoms with Gasteiger partial charge in [0.05, 0.1) is 12.0 Å². The summed E-state index contributed by atoms with van der Waals surface area (Å²) < 4.78 is 2.21. The molecule has 0 atom stereocenters. The molecule has 0 radical (unpaired) electrons. The van der Waals surface area contributed by atoms with E-state index >= 15 is 0 Å². The van der Waals surface area contributed by atoms with E-state index in [0.717, 1.165) is 18.0 Å². The number of nitrogens with zero attached hydrogens (tertiary/aromatic N) is 2. The topological polar surface area (TPSA) is 17.8 Å². The fourth-order valence-corrected chi connectivity index (χ4v) is 1.39. The molecule has 0 N–H and O–H groups in total. The van der Waals surface area contributed by atoms with Crippen molar-refractivity contribution in [2.45, 2.75) is 33.2 Å². The van der Waals surface area contributed by atoms with Crippen LogP contribution in [0.3, 0.4) is 0 Å². The van der Waals surface area contributed by atoms with Gasteiger partial charge in [-0.1, -0.05) is 0 Å². The first kappa shape index (κ1) is 9.65. The van der Waals surface area contributed by atoms with Crippen LogP contribution in [0.4, 0.5) is 0 Å². The first-order chi connectivity index (χ1) is 5.75. The van der Waals surface area contributed by atoms with Gasteiger partial charge in [-0.3, -0.25) is 0 Å². The predicted molar refractivity (Wildman–Crippen MR) is 54.8 cm³/mol. The van der Waals surface area contributed by atoms with E-state index in [9.17, 15) is 0 Å². The molecule has 0 aromatic carbocycles. The van der Waals surface area contributed by atoms with Crippen molar-refractivity contribution in [3.05, 3.63) is 17.7 Å². The highest BCUT2D eigenvalue weighted by molar-refractivity contribution is 7.80. The largest absolute Gasteiger partial charge is 0.335 e. The number of unbranched alkanes of at least 4 members (excludes halogenated alkanes) is 1. The number of rotatable bonds is 4. The molecule has 2 nitrogen and oxygen atoms in total. The fraction of sp³-hybridized carbons (Fsp3) is 0.667. The smallest absolute Gasteiger partial charge is 0.0951 e. The molecule has 3 heteroatoms. The van der Waals surface area contributed by atoms with Crippen LogP contribution in [0.25, 0.3) is 0 Å². The first-order valence-electron chi connectivity index (χ1n) is 4.35. The monoisotopic (exact) mass is 184 g/mol. The number of hydrogen-bond donors (Lipinski definition) is 1. The van der Waals surface area contributed by atoms with E-state index in [4.69, 9.17) is 0 Å². The Hall–Kier alpha value is -0.440. The molecule has 0 spiro atoms. The van der Waals surface area contributed by atoms with Crippen molar-refractivity contribution in [1.82, 2.24) is 9.55 Å². The van der Waals surface area contributed by atoms with Crippen LogP contribution in [0.5, 0.6) is 0 Å². The quantitative estimate of drug-likeness (QED) is 0.561. The average Bonchev–Trinajstić information content (AvgIpc) is 2.36. The van der Waals surface area contributed by atoms with Crippen LogP contribution in [0.15, 0.2) is 6.33 Å². The Labute approximate surface area is 79.4 Å². The molecular formula is C9H16N2S. The molecule has 12 heavy (non-hydrogen) atoms. The van der Waals surface area contributed by atoms with Crippen LogP contribution in [-0.2, 0) is 6.54 Å².